The van der Waals surface area contributed by atoms with Gasteiger partial charge in [-0.2, -0.15) is 18.0 Å². The molecule has 2 aromatic carbocycles. The Morgan fingerprint density at radius 3 is 2.63 bits per heavy atom. The van der Waals surface area contributed by atoms with E-state index in [-0.39, 0.29) is 16.4 Å². The number of ether oxygens (including phenoxy) is 2. The molecule has 2 heterocycles. The predicted molar refractivity (Wildman–Crippen MR) is 123 cm³/mol. The normalized spacial score (nSPS) is 17.9. The minimum atomic E-state index is -5.14. The van der Waals surface area contributed by atoms with Crippen LogP contribution < -0.4 is 10.6 Å². The smallest absolute Gasteiger partial charge is 0.418 e. The van der Waals surface area contributed by atoms with Crippen LogP contribution in [0.5, 0.6) is 0 Å². The van der Waals surface area contributed by atoms with Gasteiger partial charge < -0.3 is 20.1 Å². The third-order valence-electron chi connectivity index (χ3n) is 6.17. The van der Waals surface area contributed by atoms with Gasteiger partial charge in [-0.3, -0.25) is 4.79 Å². The van der Waals surface area contributed by atoms with Crippen molar-refractivity contribution in [2.24, 2.45) is 7.05 Å². The second-order valence-corrected chi connectivity index (χ2v) is 9.33. The summed E-state index contributed by atoms with van der Waals surface area (Å²) in [7, 11) is 1.56. The zero-order chi connectivity index (χ0) is 27.2. The Bertz CT molecular complexity index is 1430. The van der Waals surface area contributed by atoms with E-state index in [1.165, 1.54) is 4.80 Å². The lowest BCUT2D eigenvalue weighted by Gasteiger charge is -2.40. The van der Waals surface area contributed by atoms with Crippen LogP contribution >= 0.6 is 11.6 Å². The van der Waals surface area contributed by atoms with Crippen LogP contribution in [0.2, 0.25) is 5.02 Å². The molecule has 1 aromatic heterocycles. The minimum Gasteiger partial charge on any atom is -0.418 e. The third-order valence-corrected chi connectivity index (χ3v) is 6.39. The first kappa shape index (κ1) is 25.9. The molecule has 0 saturated carbocycles. The molecule has 0 spiro atoms. The Morgan fingerprint density at radius 2 is 2.00 bits per heavy atom. The van der Waals surface area contributed by atoms with E-state index >= 15 is 0 Å². The van der Waals surface area contributed by atoms with E-state index in [1.54, 1.807) is 30.6 Å². The number of benzene rings is 2. The maximum absolute atomic E-state index is 14.9. The van der Waals surface area contributed by atoms with Crippen LogP contribution in [-0.2, 0) is 27.7 Å². The molecule has 1 aliphatic carbocycles. The van der Waals surface area contributed by atoms with Gasteiger partial charge in [0.25, 0.3) is 0 Å². The van der Waals surface area contributed by atoms with E-state index in [9.17, 15) is 27.2 Å². The van der Waals surface area contributed by atoms with Crippen LogP contribution in [0.1, 0.15) is 23.6 Å². The molecule has 0 bridgehead atoms. The number of carbonyl (C=O) groups is 2. The van der Waals surface area contributed by atoms with Gasteiger partial charge in [0.05, 0.1) is 18.7 Å². The molecule has 0 unspecified atom stereocenters. The third kappa shape index (κ3) is 5.00. The number of nitrogens with zero attached hydrogens (tertiary/aromatic N) is 4. The summed E-state index contributed by atoms with van der Waals surface area (Å²) in [5.74, 6) is -2.76. The summed E-state index contributed by atoms with van der Waals surface area (Å²) in [5.41, 5.74) is 0.936. The largest absolute Gasteiger partial charge is 0.471 e. The van der Waals surface area contributed by atoms with Crippen molar-refractivity contribution >= 4 is 23.6 Å². The minimum absolute atomic E-state index is 0.0889. The van der Waals surface area contributed by atoms with Gasteiger partial charge in [0.1, 0.15) is 19.0 Å². The number of halogens is 5. The van der Waals surface area contributed by atoms with Crippen LogP contribution in [0.4, 0.5) is 22.4 Å². The molecule has 2 N–H and O–H groups in total. The topological polar surface area (TPSA) is 120 Å². The number of aromatic nitrogens is 4. The van der Waals surface area contributed by atoms with E-state index in [0.29, 0.717) is 24.0 Å². The van der Waals surface area contributed by atoms with Gasteiger partial charge in [-0.25, -0.2) is 9.18 Å². The first-order chi connectivity index (χ1) is 17.9. The molecule has 10 nitrogen and oxygen atoms in total. The summed E-state index contributed by atoms with van der Waals surface area (Å²) in [5, 5.41) is 16.3. The first-order valence-corrected chi connectivity index (χ1v) is 11.7. The molecular weight excluding hydrogens is 536 g/mol. The van der Waals surface area contributed by atoms with E-state index in [0.717, 1.165) is 17.2 Å². The number of tetrazole rings is 1. The van der Waals surface area contributed by atoms with Gasteiger partial charge in [-0.05, 0) is 52.4 Å². The number of alkyl halides is 3. The zero-order valence-electron chi connectivity index (χ0n) is 19.6. The summed E-state index contributed by atoms with van der Waals surface area (Å²) >= 11 is 6.13. The molecule has 1 aliphatic heterocycles. The van der Waals surface area contributed by atoms with Gasteiger partial charge in [0.15, 0.2) is 0 Å². The average Bonchev–Trinajstić information content (AvgIpc) is 3.42. The standard InChI is InChI=1S/C23H19ClF4N6O4/c1-34-32-19(31-33-34)18-15(7-13(24)8-16(18)25)12-2-4-14-11(6-12)3-5-17(14)29-21(36)38-22(9-37-10-22)30-20(35)23(26,27)28/h2,4,6-8,17H,3,5,9-10H2,1H3,(H,29,36)(H,30,35)/t17-/m0/s1. The fourth-order valence-electron chi connectivity index (χ4n) is 4.42. The highest BCUT2D eigenvalue weighted by Crippen LogP contribution is 2.39. The lowest BCUT2D eigenvalue weighted by molar-refractivity contribution is -0.215. The van der Waals surface area contributed by atoms with Gasteiger partial charge in [-0.1, -0.05) is 29.8 Å². The maximum atomic E-state index is 14.9. The fraction of sp³-hybridized carbons (Fsp3) is 0.348. The number of hydrogen-bond donors (Lipinski definition) is 2. The van der Waals surface area contributed by atoms with E-state index < -0.39 is 49.0 Å². The van der Waals surface area contributed by atoms with Crippen molar-refractivity contribution in [2.45, 2.75) is 30.8 Å². The molecule has 2 amide bonds. The highest BCUT2D eigenvalue weighted by atomic mass is 35.5. The van der Waals surface area contributed by atoms with Crippen molar-refractivity contribution in [1.82, 2.24) is 30.8 Å². The number of fused-ring (bicyclic) bond motifs is 1. The number of rotatable bonds is 5. The number of aryl methyl sites for hydroxylation is 2. The molecule has 5 rings (SSSR count). The summed E-state index contributed by atoms with van der Waals surface area (Å²) < 4.78 is 62.8. The second kappa shape index (κ2) is 9.51. The second-order valence-electron chi connectivity index (χ2n) is 8.89. The van der Waals surface area contributed by atoms with Crippen molar-refractivity contribution in [3.8, 4) is 22.5 Å². The van der Waals surface area contributed by atoms with Crippen LogP contribution in [0.15, 0.2) is 30.3 Å². The Balaban J connectivity index is 1.34. The Kier molecular flexibility index (Phi) is 6.47. The number of carbonyl (C=O) groups excluding carboxylic acids is 2. The number of amides is 2. The van der Waals surface area contributed by atoms with Crippen LogP contribution in [0.25, 0.3) is 22.5 Å². The molecular formula is C23H19ClF4N6O4. The van der Waals surface area contributed by atoms with E-state index in [1.807, 2.05) is 6.07 Å². The molecule has 38 heavy (non-hydrogen) atoms. The summed E-state index contributed by atoms with van der Waals surface area (Å²) in [6.45, 7) is -0.821. The average molecular weight is 555 g/mol. The van der Waals surface area contributed by atoms with Gasteiger partial charge in [-0.15, -0.1) is 10.2 Å². The van der Waals surface area contributed by atoms with Crippen molar-refractivity contribution in [2.75, 3.05) is 13.2 Å². The van der Waals surface area contributed by atoms with Gasteiger partial charge in [0.2, 0.25) is 11.5 Å². The highest BCUT2D eigenvalue weighted by molar-refractivity contribution is 6.31. The van der Waals surface area contributed by atoms with Gasteiger partial charge >= 0.3 is 18.2 Å². The molecule has 200 valence electrons. The summed E-state index contributed by atoms with van der Waals surface area (Å²) in [6, 6.07) is 7.56. The predicted octanol–water partition coefficient (Wildman–Crippen LogP) is 3.46. The summed E-state index contributed by atoms with van der Waals surface area (Å²) in [4.78, 5) is 25.0. The molecule has 3 aromatic rings. The lowest BCUT2D eigenvalue weighted by atomic mass is 9.95. The molecule has 1 saturated heterocycles. The monoisotopic (exact) mass is 554 g/mol. The van der Waals surface area contributed by atoms with Gasteiger partial charge in [0, 0.05) is 5.02 Å². The number of alkyl carbamates (subject to hydrolysis) is 1. The van der Waals surface area contributed by atoms with Crippen LogP contribution in [0, 0.1) is 5.82 Å². The Morgan fingerprint density at radius 1 is 1.24 bits per heavy atom. The van der Waals surface area contributed by atoms with E-state index in [4.69, 9.17) is 21.1 Å². The highest BCUT2D eigenvalue weighted by Gasteiger charge is 2.50. The fourth-order valence-corrected chi connectivity index (χ4v) is 4.62. The van der Waals surface area contributed by atoms with Crippen LogP contribution in [0.3, 0.4) is 0 Å². The summed E-state index contributed by atoms with van der Waals surface area (Å²) in [6.07, 6.45) is -5.12. The van der Waals surface area contributed by atoms with Crippen molar-refractivity contribution in [3.63, 3.8) is 0 Å². The van der Waals surface area contributed by atoms with Crippen LogP contribution in [-0.4, -0.2) is 57.3 Å². The number of nitrogens with one attached hydrogen (secondary N) is 2. The molecule has 1 atom stereocenters. The lowest BCUT2D eigenvalue weighted by Crippen LogP contribution is -2.67. The zero-order valence-corrected chi connectivity index (χ0v) is 20.4. The Hall–Kier alpha value is -3.78. The maximum Gasteiger partial charge on any atom is 0.471 e. The Labute approximate surface area is 217 Å². The van der Waals surface area contributed by atoms with Crippen molar-refractivity contribution in [3.05, 3.63) is 52.3 Å². The van der Waals surface area contributed by atoms with E-state index in [2.05, 4.69) is 20.7 Å². The molecule has 0 radical (unpaired) electrons. The van der Waals surface area contributed by atoms with Crippen molar-refractivity contribution < 1.29 is 36.6 Å². The molecule has 1 fully saturated rings. The molecule has 2 aliphatic rings. The van der Waals surface area contributed by atoms with Crippen molar-refractivity contribution in [1.29, 1.82) is 0 Å². The first-order valence-electron chi connectivity index (χ1n) is 11.3. The number of hydrogen-bond acceptors (Lipinski definition) is 7. The quantitative estimate of drug-likeness (QED) is 0.366. The molecule has 15 heteroatoms. The SMILES string of the molecule is Cn1nnc(-c2c(F)cc(Cl)cc2-c2ccc3c(c2)CC[C@@H]3NC(=O)OC2(NC(=O)C(F)(F)F)COC2)n1.